The van der Waals surface area contributed by atoms with Gasteiger partial charge < -0.3 is 10.5 Å². The average Bonchev–Trinajstić information content (AvgIpc) is 2.26. The summed E-state index contributed by atoms with van der Waals surface area (Å²) in [6, 6.07) is 6.00. The molecular weight excluding hydrogens is 214 g/mol. The van der Waals surface area contributed by atoms with Gasteiger partial charge in [-0.25, -0.2) is 0 Å². The van der Waals surface area contributed by atoms with Crippen molar-refractivity contribution in [3.63, 3.8) is 0 Å². The molecule has 0 aromatic carbocycles. The fourth-order valence-electron chi connectivity index (χ4n) is 1.51. The molecule has 1 rings (SSSR count). The summed E-state index contributed by atoms with van der Waals surface area (Å²) in [6.07, 6.45) is 1.96. The van der Waals surface area contributed by atoms with Gasteiger partial charge in [-0.15, -0.1) is 0 Å². The number of ether oxygens (including phenoxy) is 1. The Labute approximate surface area is 102 Å². The van der Waals surface area contributed by atoms with Crippen LogP contribution in [-0.4, -0.2) is 17.6 Å². The molecule has 4 nitrogen and oxygen atoms in total. The smallest absolute Gasteiger partial charge is 0.140 e. The van der Waals surface area contributed by atoms with Crippen LogP contribution in [0.4, 0.5) is 0 Å². The van der Waals surface area contributed by atoms with Crippen molar-refractivity contribution in [2.24, 2.45) is 5.73 Å². The highest BCUT2D eigenvalue weighted by Crippen LogP contribution is 2.18. The third-order valence-electron chi connectivity index (χ3n) is 2.28. The third kappa shape index (κ3) is 4.83. The molecular formula is C13H19N3O. The minimum Gasteiger partial charge on any atom is -0.492 e. The maximum absolute atomic E-state index is 8.44. The van der Waals surface area contributed by atoms with Crippen LogP contribution in [0.15, 0.2) is 12.1 Å². The van der Waals surface area contributed by atoms with Crippen LogP contribution in [-0.2, 0) is 6.42 Å². The minimum absolute atomic E-state index is 0.0609. The molecule has 2 N–H and O–H groups in total. The maximum Gasteiger partial charge on any atom is 0.140 e. The Hall–Kier alpha value is -1.60. The van der Waals surface area contributed by atoms with E-state index in [4.69, 9.17) is 15.7 Å². The maximum atomic E-state index is 8.44. The van der Waals surface area contributed by atoms with Crippen LogP contribution < -0.4 is 10.5 Å². The Morgan fingerprint density at radius 2 is 2.29 bits per heavy atom. The van der Waals surface area contributed by atoms with E-state index in [0.717, 1.165) is 23.6 Å². The summed E-state index contributed by atoms with van der Waals surface area (Å²) in [5, 5.41) is 8.44. The summed E-state index contributed by atoms with van der Waals surface area (Å²) in [5.41, 5.74) is 7.64. The van der Waals surface area contributed by atoms with Crippen LogP contribution >= 0.6 is 0 Å². The Balaban J connectivity index is 2.66. The van der Waals surface area contributed by atoms with Crippen LogP contribution in [0.5, 0.6) is 5.75 Å². The molecule has 1 aromatic rings. The summed E-state index contributed by atoms with van der Waals surface area (Å²) in [5.74, 6) is 0.783. The molecule has 0 aliphatic rings. The van der Waals surface area contributed by atoms with Crippen molar-refractivity contribution >= 4 is 0 Å². The van der Waals surface area contributed by atoms with Crippen molar-refractivity contribution < 1.29 is 4.74 Å². The fraction of sp³-hybridized carbons (Fsp3) is 0.538. The average molecular weight is 233 g/mol. The standard InChI is InChI=1S/C13H19N3O/c1-10(15)9-12-13(6-5-11(2)16-12)17-8-4-3-7-14/h5-6,10H,3-4,8-9,15H2,1-2H3. The van der Waals surface area contributed by atoms with Gasteiger partial charge in [0.15, 0.2) is 0 Å². The van der Waals surface area contributed by atoms with E-state index < -0.39 is 0 Å². The highest BCUT2D eigenvalue weighted by atomic mass is 16.5. The number of nitrogens with zero attached hydrogens (tertiary/aromatic N) is 2. The normalized spacial score (nSPS) is 11.9. The first kappa shape index (κ1) is 13.5. The number of unbranched alkanes of at least 4 members (excludes halogenated alkanes) is 1. The molecule has 92 valence electrons. The molecule has 17 heavy (non-hydrogen) atoms. The second-order valence-electron chi connectivity index (χ2n) is 4.19. The van der Waals surface area contributed by atoms with Gasteiger partial charge in [0.05, 0.1) is 18.4 Å². The lowest BCUT2D eigenvalue weighted by Gasteiger charge is -2.12. The topological polar surface area (TPSA) is 71.9 Å². The molecule has 1 unspecified atom stereocenters. The van der Waals surface area contributed by atoms with Crippen molar-refractivity contribution in [1.82, 2.24) is 4.98 Å². The van der Waals surface area contributed by atoms with E-state index in [0.29, 0.717) is 19.4 Å². The van der Waals surface area contributed by atoms with E-state index in [1.165, 1.54) is 0 Å². The SMILES string of the molecule is Cc1ccc(OCCCC#N)c(CC(C)N)n1. The number of aromatic nitrogens is 1. The molecule has 0 saturated heterocycles. The Kier molecular flexibility index (Phi) is 5.44. The van der Waals surface area contributed by atoms with Gasteiger partial charge >= 0.3 is 0 Å². The summed E-state index contributed by atoms with van der Waals surface area (Å²) in [7, 11) is 0. The van der Waals surface area contributed by atoms with Crippen molar-refractivity contribution in [1.29, 1.82) is 5.26 Å². The van der Waals surface area contributed by atoms with Gasteiger partial charge in [-0.1, -0.05) is 0 Å². The number of hydrogen-bond donors (Lipinski definition) is 1. The van der Waals surface area contributed by atoms with Gasteiger partial charge in [-0.2, -0.15) is 5.26 Å². The van der Waals surface area contributed by atoms with Gasteiger partial charge in [-0.05, 0) is 32.4 Å². The Bertz CT molecular complexity index is 396. The zero-order valence-electron chi connectivity index (χ0n) is 10.4. The first-order chi connectivity index (χ1) is 8.13. The molecule has 0 bridgehead atoms. The largest absolute Gasteiger partial charge is 0.492 e. The van der Waals surface area contributed by atoms with Crippen molar-refractivity contribution in [2.75, 3.05) is 6.61 Å². The molecule has 1 aromatic heterocycles. The zero-order valence-corrected chi connectivity index (χ0v) is 10.4. The van der Waals surface area contributed by atoms with E-state index in [2.05, 4.69) is 11.1 Å². The van der Waals surface area contributed by atoms with Gasteiger partial charge in [0.2, 0.25) is 0 Å². The van der Waals surface area contributed by atoms with Crippen molar-refractivity contribution in [2.45, 2.75) is 39.2 Å². The number of nitriles is 1. The van der Waals surface area contributed by atoms with E-state index in [1.54, 1.807) is 0 Å². The van der Waals surface area contributed by atoms with Crippen LogP contribution in [0, 0.1) is 18.3 Å². The fourth-order valence-corrected chi connectivity index (χ4v) is 1.51. The van der Waals surface area contributed by atoms with Crippen LogP contribution in [0.2, 0.25) is 0 Å². The minimum atomic E-state index is 0.0609. The molecule has 0 spiro atoms. The molecule has 0 fully saturated rings. The van der Waals surface area contributed by atoms with E-state index in [-0.39, 0.29) is 6.04 Å². The summed E-state index contributed by atoms with van der Waals surface area (Å²) >= 11 is 0. The van der Waals surface area contributed by atoms with E-state index in [9.17, 15) is 0 Å². The summed E-state index contributed by atoms with van der Waals surface area (Å²) in [4.78, 5) is 4.44. The highest BCUT2D eigenvalue weighted by molar-refractivity contribution is 5.29. The Morgan fingerprint density at radius 3 is 2.94 bits per heavy atom. The quantitative estimate of drug-likeness (QED) is 0.762. The molecule has 1 atom stereocenters. The van der Waals surface area contributed by atoms with Gasteiger partial charge in [0, 0.05) is 24.6 Å². The predicted molar refractivity (Wildman–Crippen MR) is 66.7 cm³/mol. The van der Waals surface area contributed by atoms with Gasteiger partial charge in [-0.3, -0.25) is 4.98 Å². The van der Waals surface area contributed by atoms with Crippen LogP contribution in [0.3, 0.4) is 0 Å². The van der Waals surface area contributed by atoms with Gasteiger partial charge in [0.25, 0.3) is 0 Å². The lowest BCUT2D eigenvalue weighted by molar-refractivity contribution is 0.307. The lowest BCUT2D eigenvalue weighted by Crippen LogP contribution is -2.19. The van der Waals surface area contributed by atoms with Crippen molar-refractivity contribution in [3.05, 3.63) is 23.5 Å². The van der Waals surface area contributed by atoms with E-state index in [1.807, 2.05) is 26.0 Å². The van der Waals surface area contributed by atoms with Crippen LogP contribution in [0.1, 0.15) is 31.2 Å². The molecule has 0 saturated carbocycles. The highest BCUT2D eigenvalue weighted by Gasteiger charge is 2.08. The monoisotopic (exact) mass is 233 g/mol. The zero-order chi connectivity index (χ0) is 12.7. The molecule has 0 radical (unpaired) electrons. The number of aryl methyl sites for hydroxylation is 1. The number of hydrogen-bond acceptors (Lipinski definition) is 4. The predicted octanol–water partition coefficient (Wildman–Crippen LogP) is 1.96. The van der Waals surface area contributed by atoms with E-state index >= 15 is 0 Å². The summed E-state index contributed by atoms with van der Waals surface area (Å²) in [6.45, 7) is 4.44. The second-order valence-corrected chi connectivity index (χ2v) is 4.19. The Morgan fingerprint density at radius 1 is 1.53 bits per heavy atom. The molecule has 4 heteroatoms. The first-order valence-electron chi connectivity index (χ1n) is 5.85. The molecule has 0 aliphatic carbocycles. The van der Waals surface area contributed by atoms with Gasteiger partial charge in [0.1, 0.15) is 5.75 Å². The number of nitrogens with two attached hydrogens (primary N) is 1. The molecule has 1 heterocycles. The first-order valence-corrected chi connectivity index (χ1v) is 5.85. The van der Waals surface area contributed by atoms with Crippen molar-refractivity contribution in [3.8, 4) is 11.8 Å². The van der Waals surface area contributed by atoms with Crippen LogP contribution in [0.25, 0.3) is 0 Å². The lowest BCUT2D eigenvalue weighted by atomic mass is 10.1. The third-order valence-corrected chi connectivity index (χ3v) is 2.28. The molecule has 0 amide bonds. The molecule has 0 aliphatic heterocycles. The number of pyridine rings is 1. The summed E-state index contributed by atoms with van der Waals surface area (Å²) < 4.78 is 5.63. The second kappa shape index (κ2) is 6.87. The number of rotatable bonds is 6.